The lowest BCUT2D eigenvalue weighted by Gasteiger charge is -2.40. The maximum absolute atomic E-state index is 13.1. The second-order valence-corrected chi connectivity index (χ2v) is 12.2. The molecule has 31 heavy (non-hydrogen) atoms. The number of thiophene rings is 1. The van der Waals surface area contributed by atoms with Crippen LogP contribution < -0.4 is 10.2 Å². The molecule has 2 saturated carbocycles. The third-order valence-corrected chi connectivity index (χ3v) is 10.9. The van der Waals surface area contributed by atoms with E-state index in [1.165, 1.54) is 40.4 Å². The van der Waals surface area contributed by atoms with E-state index in [0.29, 0.717) is 17.1 Å². The van der Waals surface area contributed by atoms with E-state index in [0.717, 1.165) is 28.1 Å². The summed E-state index contributed by atoms with van der Waals surface area (Å²) in [5.74, 6) is 2.33. The van der Waals surface area contributed by atoms with Crippen LogP contribution >= 0.6 is 34.4 Å². The molecule has 0 spiro atoms. The number of thiazole rings is 1. The van der Waals surface area contributed by atoms with Gasteiger partial charge < -0.3 is 5.32 Å². The Hall–Kier alpha value is -1.83. The van der Waals surface area contributed by atoms with Crippen LogP contribution in [0, 0.1) is 24.7 Å². The minimum Gasteiger partial charge on any atom is -0.325 e. The number of carbonyl (C=O) groups is 1. The Labute approximate surface area is 193 Å². The topological polar surface area (TPSA) is 51.1 Å². The van der Waals surface area contributed by atoms with Gasteiger partial charge in [0.1, 0.15) is 6.54 Å². The van der Waals surface area contributed by atoms with Gasteiger partial charge in [0, 0.05) is 26.6 Å². The van der Waals surface area contributed by atoms with Crippen LogP contribution in [-0.4, -0.2) is 15.7 Å². The second-order valence-electron chi connectivity index (χ2n) is 9.03. The smallest absolute Gasteiger partial charge is 0.308 e. The summed E-state index contributed by atoms with van der Waals surface area (Å²) in [6.07, 6.45) is 3.98. The molecule has 1 aliphatic heterocycles. The number of carbonyl (C=O) groups excluding carboxylic acids is 1. The van der Waals surface area contributed by atoms with E-state index in [9.17, 15) is 9.59 Å². The van der Waals surface area contributed by atoms with Crippen LogP contribution in [0.2, 0.25) is 0 Å². The highest BCUT2D eigenvalue weighted by Gasteiger charge is 2.55. The number of benzene rings is 1. The molecule has 7 heteroatoms. The van der Waals surface area contributed by atoms with Gasteiger partial charge in [-0.15, -0.1) is 23.1 Å². The fourth-order valence-corrected chi connectivity index (χ4v) is 10.1. The van der Waals surface area contributed by atoms with Crippen molar-refractivity contribution in [2.24, 2.45) is 17.8 Å². The highest BCUT2D eigenvalue weighted by atomic mass is 32.2. The van der Waals surface area contributed by atoms with E-state index >= 15 is 0 Å². The zero-order chi connectivity index (χ0) is 21.1. The van der Waals surface area contributed by atoms with Crippen LogP contribution in [-0.2, 0) is 11.3 Å². The maximum Gasteiger partial charge on any atom is 0.308 e. The van der Waals surface area contributed by atoms with Gasteiger partial charge in [0.25, 0.3) is 0 Å². The van der Waals surface area contributed by atoms with E-state index in [4.69, 9.17) is 0 Å². The Morgan fingerprint density at radius 3 is 2.87 bits per heavy atom. The molecular weight excluding hydrogens is 444 g/mol. The van der Waals surface area contributed by atoms with Gasteiger partial charge in [-0.1, -0.05) is 29.5 Å². The van der Waals surface area contributed by atoms with Gasteiger partial charge in [0.15, 0.2) is 0 Å². The van der Waals surface area contributed by atoms with Crippen molar-refractivity contribution in [1.82, 2.24) is 4.57 Å². The molecular formula is C24H24N2O2S3. The van der Waals surface area contributed by atoms with E-state index in [1.807, 2.05) is 54.3 Å². The second kappa shape index (κ2) is 7.64. The first-order chi connectivity index (χ1) is 15.1. The molecule has 3 aromatic rings. The lowest BCUT2D eigenvalue weighted by Crippen LogP contribution is -2.34. The number of nitrogens with zero attached hydrogens (tertiary/aromatic N) is 1. The predicted molar refractivity (Wildman–Crippen MR) is 129 cm³/mol. The summed E-state index contributed by atoms with van der Waals surface area (Å²) in [6.45, 7) is 2.08. The van der Waals surface area contributed by atoms with Crippen LogP contribution in [0.15, 0.2) is 51.6 Å². The third kappa shape index (κ3) is 3.33. The van der Waals surface area contributed by atoms with E-state index in [1.54, 1.807) is 4.57 Å². The largest absolute Gasteiger partial charge is 0.325 e. The van der Waals surface area contributed by atoms with Crippen molar-refractivity contribution >= 4 is 46.0 Å². The molecule has 2 bridgehead atoms. The first-order valence-corrected chi connectivity index (χ1v) is 13.5. The number of fused-ring (bicyclic) bond motifs is 6. The SMILES string of the molecule is Cc1cccc(NC(=O)Cn2c3c(sc2=O)C(c2cccs2)C2C4CCC(C4)C2S3)c1. The number of thioether (sulfide) groups is 1. The number of rotatable bonds is 4. The molecule has 4 nitrogen and oxygen atoms in total. The zero-order valence-electron chi connectivity index (χ0n) is 17.2. The van der Waals surface area contributed by atoms with Gasteiger partial charge in [0.05, 0.1) is 5.03 Å². The van der Waals surface area contributed by atoms with Crippen molar-refractivity contribution in [2.45, 2.75) is 48.9 Å². The minimum atomic E-state index is -0.142. The lowest BCUT2D eigenvalue weighted by atomic mass is 9.77. The summed E-state index contributed by atoms with van der Waals surface area (Å²) in [5, 5.41) is 6.72. The molecule has 2 aromatic heterocycles. The zero-order valence-corrected chi connectivity index (χ0v) is 19.7. The number of anilines is 1. The van der Waals surface area contributed by atoms with Crippen molar-refractivity contribution in [3.05, 3.63) is 66.8 Å². The number of aryl methyl sites for hydroxylation is 1. The van der Waals surface area contributed by atoms with Crippen LogP contribution in [0.25, 0.3) is 0 Å². The summed E-state index contributed by atoms with van der Waals surface area (Å²) in [7, 11) is 0. The summed E-state index contributed by atoms with van der Waals surface area (Å²) >= 11 is 5.06. The third-order valence-electron chi connectivity index (χ3n) is 7.14. The molecule has 3 heterocycles. The lowest BCUT2D eigenvalue weighted by molar-refractivity contribution is -0.116. The van der Waals surface area contributed by atoms with Gasteiger partial charge >= 0.3 is 4.87 Å². The number of hydrogen-bond acceptors (Lipinski definition) is 5. The monoisotopic (exact) mass is 468 g/mol. The summed E-state index contributed by atoms with van der Waals surface area (Å²) in [4.78, 5) is 28.4. The van der Waals surface area contributed by atoms with Gasteiger partial charge in [-0.3, -0.25) is 14.2 Å². The van der Waals surface area contributed by atoms with E-state index in [-0.39, 0.29) is 17.3 Å². The summed E-state index contributed by atoms with van der Waals surface area (Å²) < 4.78 is 1.73. The van der Waals surface area contributed by atoms with E-state index < -0.39 is 0 Å². The molecule has 0 saturated heterocycles. The van der Waals surface area contributed by atoms with Gasteiger partial charge in [-0.2, -0.15) is 0 Å². The van der Waals surface area contributed by atoms with Crippen molar-refractivity contribution in [3.8, 4) is 0 Å². The predicted octanol–water partition coefficient (Wildman–Crippen LogP) is 5.57. The maximum atomic E-state index is 13.1. The van der Waals surface area contributed by atoms with Crippen LogP contribution in [0.1, 0.15) is 40.5 Å². The molecule has 2 aliphatic carbocycles. The Kier molecular flexibility index (Phi) is 4.89. The molecule has 1 aromatic carbocycles. The Morgan fingerprint density at radius 1 is 1.19 bits per heavy atom. The normalized spacial score (nSPS) is 28.4. The van der Waals surface area contributed by atoms with Crippen LogP contribution in [0.4, 0.5) is 5.69 Å². The first-order valence-electron chi connectivity index (χ1n) is 10.9. The Balaban J connectivity index is 1.35. The molecule has 3 aliphatic rings. The average Bonchev–Trinajstić information content (AvgIpc) is 3.52. The summed E-state index contributed by atoms with van der Waals surface area (Å²) in [5.41, 5.74) is 1.87. The van der Waals surface area contributed by atoms with E-state index in [2.05, 4.69) is 22.8 Å². The molecule has 1 N–H and O–H groups in total. The average molecular weight is 469 g/mol. The molecule has 5 atom stereocenters. The molecule has 160 valence electrons. The van der Waals surface area contributed by atoms with Gasteiger partial charge in [-0.25, -0.2) is 0 Å². The van der Waals surface area contributed by atoms with Crippen LogP contribution in [0.3, 0.4) is 0 Å². The fraction of sp³-hybridized carbons (Fsp3) is 0.417. The number of amides is 1. The molecule has 1 amide bonds. The molecule has 6 rings (SSSR count). The number of hydrogen-bond donors (Lipinski definition) is 1. The van der Waals surface area contributed by atoms with Crippen molar-refractivity contribution in [1.29, 1.82) is 0 Å². The Morgan fingerprint density at radius 2 is 2.06 bits per heavy atom. The number of aromatic nitrogens is 1. The van der Waals surface area contributed by atoms with Gasteiger partial charge in [-0.05, 0) is 73.1 Å². The molecule has 2 fully saturated rings. The fourth-order valence-electron chi connectivity index (χ4n) is 5.94. The van der Waals surface area contributed by atoms with Crippen LogP contribution in [0.5, 0.6) is 0 Å². The first kappa shape index (κ1) is 19.8. The minimum absolute atomic E-state index is 0.00855. The Bertz CT molecular complexity index is 1200. The quantitative estimate of drug-likeness (QED) is 0.545. The van der Waals surface area contributed by atoms with Crippen molar-refractivity contribution < 1.29 is 4.79 Å². The number of nitrogens with one attached hydrogen (secondary N) is 1. The van der Waals surface area contributed by atoms with Gasteiger partial charge in [0.2, 0.25) is 5.91 Å². The highest BCUT2D eigenvalue weighted by Crippen LogP contribution is 2.64. The molecule has 0 radical (unpaired) electrons. The van der Waals surface area contributed by atoms with Crippen molar-refractivity contribution in [2.75, 3.05) is 5.32 Å². The molecule has 5 unspecified atom stereocenters. The van der Waals surface area contributed by atoms with Crippen molar-refractivity contribution in [3.63, 3.8) is 0 Å². The standard InChI is InChI=1S/C24H24N2O2S3/c1-13-4-2-5-16(10-13)25-18(27)12-26-23-22(31-24(26)28)20(17-6-3-9-29-17)19-14-7-8-15(11-14)21(19)30-23/h2-6,9-10,14-15,19-21H,7-8,11-12H2,1H3,(H,25,27). The summed E-state index contributed by atoms with van der Waals surface area (Å²) in [6, 6.07) is 12.1. The highest BCUT2D eigenvalue weighted by molar-refractivity contribution is 8.00.